The molecule has 0 saturated heterocycles. The molecule has 1 heterocycles. The summed E-state index contributed by atoms with van der Waals surface area (Å²) >= 11 is 0. The average Bonchev–Trinajstić information content (AvgIpc) is 3.29. The van der Waals surface area contributed by atoms with Crippen LogP contribution in [0, 0.1) is 6.92 Å². The Labute approximate surface area is 155 Å². The predicted molar refractivity (Wildman–Crippen MR) is 105 cm³/mol. The smallest absolute Gasteiger partial charge is 0.232 e. The van der Waals surface area contributed by atoms with Crippen LogP contribution < -0.4 is 4.57 Å². The van der Waals surface area contributed by atoms with Crippen LogP contribution in [0.3, 0.4) is 0 Å². The molecule has 0 bridgehead atoms. The van der Waals surface area contributed by atoms with Crippen molar-refractivity contribution in [3.63, 3.8) is 0 Å². The SMILES string of the molecule is Cc1ccccc1-c1nc2c(c[n+]1C)-c1cccc(C3CCCC3)c1C2. The predicted octanol–water partition coefficient (Wildman–Crippen LogP) is 5.11. The fraction of sp³-hybridized carbons (Fsp3) is 0.333. The van der Waals surface area contributed by atoms with Crippen molar-refractivity contribution in [1.29, 1.82) is 0 Å². The van der Waals surface area contributed by atoms with Gasteiger partial charge in [0, 0.05) is 6.42 Å². The summed E-state index contributed by atoms with van der Waals surface area (Å²) in [6.45, 7) is 2.16. The van der Waals surface area contributed by atoms with E-state index in [1.807, 2.05) is 0 Å². The van der Waals surface area contributed by atoms with Gasteiger partial charge in [0.15, 0.2) is 5.69 Å². The molecular weight excluding hydrogens is 316 g/mol. The standard InChI is InChI=1S/C24H25N2/c1-16-8-3-6-11-18(16)24-25-23-14-21-19(17-9-4-5-10-17)12-7-13-20(21)22(23)15-26(24)2/h3,6-8,11-13,15,17H,4-5,9-10,14H2,1-2H3/q+1. The van der Waals surface area contributed by atoms with Crippen molar-refractivity contribution in [1.82, 2.24) is 4.98 Å². The van der Waals surface area contributed by atoms with Crippen LogP contribution in [0.2, 0.25) is 0 Å². The molecule has 26 heavy (non-hydrogen) atoms. The van der Waals surface area contributed by atoms with E-state index in [0.29, 0.717) is 0 Å². The topological polar surface area (TPSA) is 16.8 Å². The van der Waals surface area contributed by atoms with Gasteiger partial charge in [-0.25, -0.2) is 4.57 Å². The molecule has 0 N–H and O–H groups in total. The second kappa shape index (κ2) is 6.05. The largest absolute Gasteiger partial charge is 0.330 e. The van der Waals surface area contributed by atoms with E-state index in [4.69, 9.17) is 4.98 Å². The molecule has 2 aromatic carbocycles. The minimum Gasteiger partial charge on any atom is -0.232 e. The number of nitrogens with zero attached hydrogens (tertiary/aromatic N) is 2. The monoisotopic (exact) mass is 341 g/mol. The molecule has 0 amide bonds. The summed E-state index contributed by atoms with van der Waals surface area (Å²) in [5.41, 5.74) is 9.58. The Morgan fingerprint density at radius 3 is 2.50 bits per heavy atom. The average molecular weight is 341 g/mol. The van der Waals surface area contributed by atoms with Crippen LogP contribution in [0.4, 0.5) is 0 Å². The summed E-state index contributed by atoms with van der Waals surface area (Å²) in [4.78, 5) is 5.13. The van der Waals surface area contributed by atoms with Crippen LogP contribution in [0.1, 0.15) is 54.0 Å². The first-order valence-corrected chi connectivity index (χ1v) is 9.80. The lowest BCUT2D eigenvalue weighted by Gasteiger charge is -2.14. The van der Waals surface area contributed by atoms with E-state index >= 15 is 0 Å². The molecule has 0 radical (unpaired) electrons. The van der Waals surface area contributed by atoms with Crippen LogP contribution in [0.5, 0.6) is 0 Å². The third-order valence-electron chi connectivity index (χ3n) is 6.24. The molecule has 2 heteroatoms. The minimum atomic E-state index is 0.754. The lowest BCUT2D eigenvalue weighted by Crippen LogP contribution is -2.32. The van der Waals surface area contributed by atoms with Crippen molar-refractivity contribution in [2.24, 2.45) is 7.05 Å². The second-order valence-corrected chi connectivity index (χ2v) is 7.88. The van der Waals surface area contributed by atoms with Crippen molar-refractivity contribution in [2.45, 2.75) is 44.9 Å². The zero-order chi connectivity index (χ0) is 17.7. The number of hydrogen-bond donors (Lipinski definition) is 0. The minimum absolute atomic E-state index is 0.754. The van der Waals surface area contributed by atoms with Crippen molar-refractivity contribution >= 4 is 0 Å². The van der Waals surface area contributed by atoms with Crippen molar-refractivity contribution in [2.75, 3.05) is 0 Å². The highest BCUT2D eigenvalue weighted by atomic mass is 15.0. The van der Waals surface area contributed by atoms with Gasteiger partial charge >= 0.3 is 5.82 Å². The normalized spacial score (nSPS) is 15.9. The van der Waals surface area contributed by atoms with Gasteiger partial charge in [-0.2, -0.15) is 0 Å². The Bertz CT molecular complexity index is 997. The first kappa shape index (κ1) is 15.7. The number of rotatable bonds is 2. The van der Waals surface area contributed by atoms with Crippen LogP contribution in [-0.4, -0.2) is 4.98 Å². The summed E-state index contributed by atoms with van der Waals surface area (Å²) in [5, 5.41) is 0. The molecule has 2 aliphatic rings. The number of aromatic nitrogens is 2. The number of hydrogen-bond acceptors (Lipinski definition) is 1. The molecule has 2 aliphatic carbocycles. The first-order chi connectivity index (χ1) is 12.7. The maximum absolute atomic E-state index is 5.13. The van der Waals surface area contributed by atoms with Gasteiger partial charge < -0.3 is 0 Å². The summed E-state index contributed by atoms with van der Waals surface area (Å²) in [7, 11) is 2.12. The van der Waals surface area contributed by atoms with E-state index in [1.54, 1.807) is 5.56 Å². The molecule has 1 saturated carbocycles. The Kier molecular flexibility index (Phi) is 3.66. The zero-order valence-corrected chi connectivity index (χ0v) is 15.6. The molecule has 5 rings (SSSR count). The van der Waals surface area contributed by atoms with E-state index in [2.05, 4.69) is 67.2 Å². The third-order valence-corrected chi connectivity index (χ3v) is 6.24. The Morgan fingerprint density at radius 2 is 1.69 bits per heavy atom. The van der Waals surface area contributed by atoms with Gasteiger partial charge in [-0.05, 0) is 59.0 Å². The van der Waals surface area contributed by atoms with E-state index in [1.165, 1.54) is 59.2 Å². The van der Waals surface area contributed by atoms with Gasteiger partial charge in [0.25, 0.3) is 0 Å². The van der Waals surface area contributed by atoms with Crippen LogP contribution in [-0.2, 0) is 13.5 Å². The molecule has 0 atom stereocenters. The summed E-state index contributed by atoms with van der Waals surface area (Å²) in [6.07, 6.45) is 8.73. The molecule has 2 nitrogen and oxygen atoms in total. The van der Waals surface area contributed by atoms with Gasteiger partial charge in [-0.1, -0.05) is 49.2 Å². The van der Waals surface area contributed by atoms with Gasteiger partial charge in [-0.3, -0.25) is 0 Å². The Morgan fingerprint density at radius 1 is 0.923 bits per heavy atom. The summed E-state index contributed by atoms with van der Waals surface area (Å²) < 4.78 is 2.19. The van der Waals surface area contributed by atoms with Gasteiger partial charge in [0.05, 0.1) is 18.2 Å². The summed E-state index contributed by atoms with van der Waals surface area (Å²) in [5.74, 6) is 1.82. The van der Waals surface area contributed by atoms with Gasteiger partial charge in [0.2, 0.25) is 0 Å². The second-order valence-electron chi connectivity index (χ2n) is 7.88. The van der Waals surface area contributed by atoms with E-state index in [-0.39, 0.29) is 0 Å². The van der Waals surface area contributed by atoms with Gasteiger partial charge in [0.1, 0.15) is 6.20 Å². The fourth-order valence-corrected chi connectivity index (χ4v) is 4.87. The van der Waals surface area contributed by atoms with E-state index in [9.17, 15) is 0 Å². The first-order valence-electron chi connectivity index (χ1n) is 9.80. The molecule has 0 spiro atoms. The fourth-order valence-electron chi connectivity index (χ4n) is 4.87. The Balaban J connectivity index is 1.63. The maximum Gasteiger partial charge on any atom is 0.330 e. The zero-order valence-electron chi connectivity index (χ0n) is 15.6. The third kappa shape index (κ3) is 2.39. The highest BCUT2D eigenvalue weighted by molar-refractivity contribution is 5.76. The lowest BCUT2D eigenvalue weighted by molar-refractivity contribution is -0.662. The van der Waals surface area contributed by atoms with Crippen LogP contribution in [0.15, 0.2) is 48.7 Å². The highest BCUT2D eigenvalue weighted by Gasteiger charge is 2.31. The molecule has 1 aromatic heterocycles. The van der Waals surface area contributed by atoms with Crippen molar-refractivity contribution in [3.05, 3.63) is 71.0 Å². The molecule has 0 unspecified atom stereocenters. The number of fused-ring (bicyclic) bond motifs is 3. The van der Waals surface area contributed by atoms with Gasteiger partial charge in [-0.15, -0.1) is 0 Å². The molecule has 130 valence electrons. The molecule has 0 aliphatic heterocycles. The summed E-state index contributed by atoms with van der Waals surface area (Å²) in [6, 6.07) is 15.4. The maximum atomic E-state index is 5.13. The molecular formula is C24H25N2+. The van der Waals surface area contributed by atoms with Crippen LogP contribution in [0.25, 0.3) is 22.5 Å². The van der Waals surface area contributed by atoms with Crippen molar-refractivity contribution in [3.8, 4) is 22.5 Å². The quantitative estimate of drug-likeness (QED) is 0.463. The lowest BCUT2D eigenvalue weighted by atomic mass is 9.90. The Hall–Kier alpha value is -2.48. The van der Waals surface area contributed by atoms with Crippen molar-refractivity contribution < 1.29 is 4.57 Å². The van der Waals surface area contributed by atoms with Crippen LogP contribution >= 0.6 is 0 Å². The molecule has 1 fully saturated rings. The number of aryl methyl sites for hydroxylation is 2. The highest BCUT2D eigenvalue weighted by Crippen LogP contribution is 2.43. The number of benzene rings is 2. The van der Waals surface area contributed by atoms with E-state index < -0.39 is 0 Å². The van der Waals surface area contributed by atoms with E-state index in [0.717, 1.165) is 18.2 Å². The molecule has 3 aromatic rings.